The number of anilines is 1. The SMILES string of the molecule is O=C(CN(C1CCNCC1)S(=O)(=O)c1cccc(C(F)(F)F)c1)Nc1cc(C(F)(F)F)cc(C(F)(F)F)c1. The summed E-state index contributed by atoms with van der Waals surface area (Å²) < 4.78 is 146. The summed E-state index contributed by atoms with van der Waals surface area (Å²) in [6.07, 6.45) is -15.0. The van der Waals surface area contributed by atoms with Crippen molar-refractivity contribution in [2.45, 2.75) is 42.3 Å². The predicted octanol–water partition coefficient (Wildman–Crippen LogP) is 5.12. The van der Waals surface area contributed by atoms with E-state index >= 15 is 0 Å². The fourth-order valence-corrected chi connectivity index (χ4v) is 5.53. The van der Waals surface area contributed by atoms with Gasteiger partial charge in [0.25, 0.3) is 0 Å². The third-order valence-corrected chi connectivity index (χ3v) is 7.55. The van der Waals surface area contributed by atoms with Crippen LogP contribution in [0.2, 0.25) is 0 Å². The second kappa shape index (κ2) is 10.7. The highest BCUT2D eigenvalue weighted by atomic mass is 32.2. The molecule has 6 nitrogen and oxygen atoms in total. The summed E-state index contributed by atoms with van der Waals surface area (Å²) in [5.74, 6) is -1.29. The molecule has 1 aliphatic heterocycles. The largest absolute Gasteiger partial charge is 0.416 e. The number of piperidine rings is 1. The van der Waals surface area contributed by atoms with Gasteiger partial charge in [-0.3, -0.25) is 4.79 Å². The smallest absolute Gasteiger partial charge is 0.325 e. The van der Waals surface area contributed by atoms with Crippen LogP contribution in [0.15, 0.2) is 47.4 Å². The van der Waals surface area contributed by atoms with Crippen LogP contribution in [0.5, 0.6) is 0 Å². The first-order chi connectivity index (χ1) is 17.4. The molecule has 0 aliphatic carbocycles. The van der Waals surface area contributed by atoms with Gasteiger partial charge >= 0.3 is 18.5 Å². The van der Waals surface area contributed by atoms with Crippen molar-refractivity contribution >= 4 is 21.6 Å². The number of halogens is 9. The van der Waals surface area contributed by atoms with Gasteiger partial charge in [0.15, 0.2) is 0 Å². The van der Waals surface area contributed by atoms with E-state index in [9.17, 15) is 52.7 Å². The number of nitrogens with one attached hydrogen (secondary N) is 2. The van der Waals surface area contributed by atoms with Crippen molar-refractivity contribution in [3.8, 4) is 0 Å². The highest BCUT2D eigenvalue weighted by Crippen LogP contribution is 2.38. The molecule has 1 heterocycles. The Morgan fingerprint density at radius 3 is 1.87 bits per heavy atom. The molecule has 2 aromatic carbocycles. The molecular weight excluding hydrogens is 557 g/mol. The molecule has 1 fully saturated rings. The molecule has 0 radical (unpaired) electrons. The van der Waals surface area contributed by atoms with Gasteiger partial charge in [-0.1, -0.05) is 6.07 Å². The standard InChI is InChI=1S/C22H20F9N3O3S/c23-20(24,25)13-2-1-3-18(11-13)38(36,37)34(17-4-6-32-7-5-17)12-19(35)33-16-9-14(21(26,27)28)8-15(10-16)22(29,30)31/h1-3,8-11,17,32H,4-7,12H2,(H,33,35). The molecule has 0 unspecified atom stereocenters. The van der Waals surface area contributed by atoms with E-state index < -0.39 is 74.3 Å². The molecule has 1 aliphatic rings. The van der Waals surface area contributed by atoms with E-state index in [0.717, 1.165) is 12.1 Å². The van der Waals surface area contributed by atoms with E-state index in [2.05, 4.69) is 5.32 Å². The number of carbonyl (C=O) groups is 1. The summed E-state index contributed by atoms with van der Waals surface area (Å²) in [4.78, 5) is 11.9. The molecule has 0 spiro atoms. The number of amides is 1. The second-order valence-electron chi connectivity index (χ2n) is 8.40. The van der Waals surface area contributed by atoms with E-state index in [-0.39, 0.29) is 31.0 Å². The number of alkyl halides is 9. The van der Waals surface area contributed by atoms with E-state index in [1.165, 1.54) is 0 Å². The first-order valence-electron chi connectivity index (χ1n) is 10.9. The van der Waals surface area contributed by atoms with Crippen LogP contribution in [-0.4, -0.2) is 44.3 Å². The molecule has 0 aromatic heterocycles. The minimum absolute atomic E-state index is 0.144. The van der Waals surface area contributed by atoms with Gasteiger partial charge in [0.1, 0.15) is 0 Å². The van der Waals surface area contributed by atoms with Crippen molar-refractivity contribution in [3.05, 3.63) is 59.2 Å². The number of nitrogens with zero attached hydrogens (tertiary/aromatic N) is 1. The van der Waals surface area contributed by atoms with E-state index in [0.29, 0.717) is 29.5 Å². The van der Waals surface area contributed by atoms with Crippen molar-refractivity contribution < 1.29 is 52.7 Å². The number of benzene rings is 2. The van der Waals surface area contributed by atoms with Gasteiger partial charge in [-0.25, -0.2) is 8.42 Å². The summed E-state index contributed by atoms with van der Waals surface area (Å²) in [5.41, 5.74) is -5.56. The maximum Gasteiger partial charge on any atom is 0.416 e. The number of hydrogen-bond donors (Lipinski definition) is 2. The van der Waals surface area contributed by atoms with Crippen molar-refractivity contribution in [3.63, 3.8) is 0 Å². The van der Waals surface area contributed by atoms with Gasteiger partial charge in [0, 0.05) is 11.7 Å². The number of sulfonamides is 1. The van der Waals surface area contributed by atoms with Crippen molar-refractivity contribution in [2.24, 2.45) is 0 Å². The molecule has 210 valence electrons. The number of carbonyl (C=O) groups excluding carboxylic acids is 1. The summed E-state index contributed by atoms with van der Waals surface area (Å²) in [6.45, 7) is -0.478. The van der Waals surface area contributed by atoms with Crippen LogP contribution in [-0.2, 0) is 33.3 Å². The lowest BCUT2D eigenvalue weighted by molar-refractivity contribution is -0.143. The van der Waals surface area contributed by atoms with Crippen LogP contribution in [0.3, 0.4) is 0 Å². The monoisotopic (exact) mass is 577 g/mol. The van der Waals surface area contributed by atoms with Gasteiger partial charge in [0.2, 0.25) is 15.9 Å². The third-order valence-electron chi connectivity index (χ3n) is 5.65. The molecule has 38 heavy (non-hydrogen) atoms. The zero-order valence-electron chi connectivity index (χ0n) is 19.1. The van der Waals surface area contributed by atoms with Crippen LogP contribution in [0, 0.1) is 0 Å². The average molecular weight is 577 g/mol. The van der Waals surface area contributed by atoms with Crippen molar-refractivity contribution in [1.82, 2.24) is 9.62 Å². The van der Waals surface area contributed by atoms with Crippen LogP contribution in [0.4, 0.5) is 45.2 Å². The zero-order valence-corrected chi connectivity index (χ0v) is 20.0. The quantitative estimate of drug-likeness (QED) is 0.468. The minimum atomic E-state index is -5.19. The van der Waals surface area contributed by atoms with E-state index in [1.807, 2.05) is 5.32 Å². The van der Waals surface area contributed by atoms with E-state index in [1.54, 1.807) is 0 Å². The highest BCUT2D eigenvalue weighted by molar-refractivity contribution is 7.89. The topological polar surface area (TPSA) is 78.5 Å². The van der Waals surface area contributed by atoms with Crippen LogP contribution in [0.1, 0.15) is 29.5 Å². The lowest BCUT2D eigenvalue weighted by Crippen LogP contribution is -2.49. The molecule has 2 N–H and O–H groups in total. The Hall–Kier alpha value is -2.85. The number of rotatable bonds is 6. The van der Waals surface area contributed by atoms with E-state index in [4.69, 9.17) is 0 Å². The molecule has 16 heteroatoms. The Bertz CT molecular complexity index is 1240. The average Bonchev–Trinajstić information content (AvgIpc) is 2.81. The maximum atomic E-state index is 13.3. The fourth-order valence-electron chi connectivity index (χ4n) is 3.84. The Kier molecular flexibility index (Phi) is 8.38. The first kappa shape index (κ1) is 29.7. The van der Waals surface area contributed by atoms with Gasteiger partial charge in [-0.15, -0.1) is 0 Å². The number of hydrogen-bond acceptors (Lipinski definition) is 4. The molecule has 1 saturated heterocycles. The summed E-state index contributed by atoms with van der Waals surface area (Å²) in [7, 11) is -4.75. The Morgan fingerprint density at radius 1 is 0.842 bits per heavy atom. The van der Waals surface area contributed by atoms with Gasteiger partial charge in [-0.05, 0) is 62.3 Å². The molecule has 0 saturated carbocycles. The van der Waals surface area contributed by atoms with Crippen molar-refractivity contribution in [2.75, 3.05) is 25.0 Å². The van der Waals surface area contributed by atoms with Crippen LogP contribution < -0.4 is 10.6 Å². The van der Waals surface area contributed by atoms with Crippen LogP contribution in [0.25, 0.3) is 0 Å². The van der Waals surface area contributed by atoms with Crippen LogP contribution >= 0.6 is 0 Å². The highest BCUT2D eigenvalue weighted by Gasteiger charge is 2.39. The summed E-state index contributed by atoms with van der Waals surface area (Å²) in [5, 5.41) is 4.79. The first-order valence-corrected chi connectivity index (χ1v) is 12.3. The maximum absolute atomic E-state index is 13.3. The molecular formula is C22H20F9N3O3S. The Labute approximate surface area is 210 Å². The second-order valence-corrected chi connectivity index (χ2v) is 10.3. The summed E-state index contributed by atoms with van der Waals surface area (Å²) >= 11 is 0. The van der Waals surface area contributed by atoms with Gasteiger partial charge in [0.05, 0.1) is 28.1 Å². The Balaban J connectivity index is 1.96. The molecule has 3 rings (SSSR count). The lowest BCUT2D eigenvalue weighted by Gasteiger charge is -2.33. The van der Waals surface area contributed by atoms with Crippen molar-refractivity contribution in [1.29, 1.82) is 0 Å². The lowest BCUT2D eigenvalue weighted by atomic mass is 10.1. The minimum Gasteiger partial charge on any atom is -0.325 e. The molecule has 2 aromatic rings. The fraction of sp³-hybridized carbons (Fsp3) is 0.409. The predicted molar refractivity (Wildman–Crippen MR) is 116 cm³/mol. The Morgan fingerprint density at radius 2 is 1.37 bits per heavy atom. The molecule has 0 bridgehead atoms. The summed E-state index contributed by atoms with van der Waals surface area (Å²) in [6, 6.07) is 2.25. The molecule has 0 atom stereocenters. The zero-order chi connectivity index (χ0) is 28.5. The van der Waals surface area contributed by atoms with Gasteiger partial charge in [-0.2, -0.15) is 43.8 Å². The normalized spacial score (nSPS) is 16.1. The molecule has 1 amide bonds. The third kappa shape index (κ3) is 7.17. The van der Waals surface area contributed by atoms with Gasteiger partial charge < -0.3 is 10.6 Å².